The molecule has 132 valence electrons. The molecule has 4 nitrogen and oxygen atoms in total. The highest BCUT2D eigenvalue weighted by molar-refractivity contribution is 5.76. The lowest BCUT2D eigenvalue weighted by Gasteiger charge is -2.34. The molecule has 0 saturated carbocycles. The Morgan fingerprint density at radius 2 is 2.00 bits per heavy atom. The third-order valence-electron chi connectivity index (χ3n) is 5.08. The van der Waals surface area contributed by atoms with E-state index in [-0.39, 0.29) is 17.9 Å². The maximum absolute atomic E-state index is 12.3. The molecule has 3 rings (SSSR count). The van der Waals surface area contributed by atoms with E-state index in [1.54, 1.807) is 6.07 Å². The summed E-state index contributed by atoms with van der Waals surface area (Å²) in [6, 6.07) is 16.0. The first-order valence-corrected chi connectivity index (χ1v) is 8.85. The van der Waals surface area contributed by atoms with Crippen LogP contribution in [0.4, 0.5) is 0 Å². The van der Waals surface area contributed by atoms with Gasteiger partial charge in [0.2, 0.25) is 5.91 Å². The quantitative estimate of drug-likeness (QED) is 0.881. The van der Waals surface area contributed by atoms with Crippen LogP contribution in [0.25, 0.3) is 0 Å². The number of hydrogen-bond donors (Lipinski definition) is 2. The summed E-state index contributed by atoms with van der Waals surface area (Å²) in [6.07, 6.45) is 1.39. The molecular weight excluding hydrogens is 312 g/mol. The van der Waals surface area contributed by atoms with E-state index in [0.717, 1.165) is 13.0 Å². The fourth-order valence-electron chi connectivity index (χ4n) is 3.48. The van der Waals surface area contributed by atoms with Crippen LogP contribution < -0.4 is 5.32 Å². The van der Waals surface area contributed by atoms with Crippen molar-refractivity contribution in [2.75, 3.05) is 13.6 Å². The van der Waals surface area contributed by atoms with E-state index < -0.39 is 0 Å². The van der Waals surface area contributed by atoms with E-state index in [1.807, 2.05) is 30.3 Å². The number of phenolic OH excluding ortho intramolecular Hbond substituents is 1. The molecule has 1 amide bonds. The van der Waals surface area contributed by atoms with Crippen LogP contribution in [0.15, 0.2) is 48.5 Å². The Kier molecular flexibility index (Phi) is 5.39. The predicted molar refractivity (Wildman–Crippen MR) is 99.5 cm³/mol. The summed E-state index contributed by atoms with van der Waals surface area (Å²) in [5.41, 5.74) is 3.62. The fourth-order valence-corrected chi connectivity index (χ4v) is 3.48. The van der Waals surface area contributed by atoms with Gasteiger partial charge in [0.15, 0.2) is 0 Å². The van der Waals surface area contributed by atoms with Gasteiger partial charge in [0, 0.05) is 25.6 Å². The molecule has 2 aromatic rings. The molecule has 0 fully saturated rings. The maximum Gasteiger partial charge on any atom is 0.220 e. The van der Waals surface area contributed by atoms with Crippen LogP contribution in [0, 0.1) is 0 Å². The van der Waals surface area contributed by atoms with Gasteiger partial charge < -0.3 is 10.4 Å². The number of carbonyl (C=O) groups excluding carboxylic acids is 1. The molecule has 2 atom stereocenters. The number of nitrogens with zero attached hydrogens (tertiary/aromatic N) is 1. The van der Waals surface area contributed by atoms with Crippen molar-refractivity contribution in [1.29, 1.82) is 0 Å². The van der Waals surface area contributed by atoms with Crippen molar-refractivity contribution < 1.29 is 9.90 Å². The summed E-state index contributed by atoms with van der Waals surface area (Å²) in [6.45, 7) is 3.53. The van der Waals surface area contributed by atoms with E-state index in [9.17, 15) is 9.90 Å². The Morgan fingerprint density at radius 1 is 1.24 bits per heavy atom. The first-order chi connectivity index (χ1) is 12.0. The Balaban J connectivity index is 1.53. The normalized spacial score (nSPS) is 18.4. The van der Waals surface area contributed by atoms with Crippen molar-refractivity contribution in [3.8, 4) is 5.75 Å². The van der Waals surface area contributed by atoms with Crippen molar-refractivity contribution in [2.24, 2.45) is 0 Å². The van der Waals surface area contributed by atoms with E-state index in [2.05, 4.69) is 36.3 Å². The molecule has 2 N–H and O–H groups in total. The average molecular weight is 338 g/mol. The standard InChI is InChI=1S/C21H26N2O2/c1-15(16-6-4-3-5-7-16)10-21(25)22-13-19-11-17-8-9-20(24)12-18(17)14-23(19)2/h3-9,12,15,19,24H,10-11,13-14H2,1-2H3,(H,22,25)/t15?,19-/m0/s1. The van der Waals surface area contributed by atoms with Crippen molar-refractivity contribution in [1.82, 2.24) is 10.2 Å². The molecule has 0 aromatic heterocycles. The predicted octanol–water partition coefficient (Wildman–Crippen LogP) is 3.06. The molecule has 0 saturated heterocycles. The summed E-state index contributed by atoms with van der Waals surface area (Å²) in [7, 11) is 2.07. The number of fused-ring (bicyclic) bond motifs is 1. The van der Waals surface area contributed by atoms with Crippen molar-refractivity contribution in [3.05, 3.63) is 65.2 Å². The first kappa shape index (κ1) is 17.5. The molecular formula is C21H26N2O2. The SMILES string of the molecule is CC(CC(=O)NC[C@@H]1Cc2ccc(O)cc2CN1C)c1ccccc1. The van der Waals surface area contributed by atoms with Gasteiger partial charge in [0.1, 0.15) is 5.75 Å². The smallest absolute Gasteiger partial charge is 0.220 e. The van der Waals surface area contributed by atoms with Crippen LogP contribution in [0.1, 0.15) is 36.0 Å². The Morgan fingerprint density at radius 3 is 2.76 bits per heavy atom. The minimum Gasteiger partial charge on any atom is -0.508 e. The van der Waals surface area contributed by atoms with Crippen LogP contribution in [0.5, 0.6) is 5.75 Å². The molecule has 0 radical (unpaired) electrons. The fraction of sp³-hybridized carbons (Fsp3) is 0.381. The number of nitrogens with one attached hydrogen (secondary N) is 1. The Hall–Kier alpha value is -2.33. The van der Waals surface area contributed by atoms with Gasteiger partial charge >= 0.3 is 0 Å². The van der Waals surface area contributed by atoms with Crippen molar-refractivity contribution in [3.63, 3.8) is 0 Å². The number of carbonyl (C=O) groups is 1. The Bertz CT molecular complexity index is 730. The molecule has 25 heavy (non-hydrogen) atoms. The van der Waals surface area contributed by atoms with Gasteiger partial charge in [-0.1, -0.05) is 43.3 Å². The second-order valence-corrected chi connectivity index (χ2v) is 7.05. The molecule has 1 heterocycles. The summed E-state index contributed by atoms with van der Waals surface area (Å²) < 4.78 is 0. The second-order valence-electron chi connectivity index (χ2n) is 7.05. The molecule has 0 aliphatic carbocycles. The highest BCUT2D eigenvalue weighted by Gasteiger charge is 2.24. The summed E-state index contributed by atoms with van der Waals surface area (Å²) in [5, 5.41) is 12.7. The van der Waals surface area contributed by atoms with E-state index in [0.29, 0.717) is 18.7 Å². The lowest BCUT2D eigenvalue weighted by Crippen LogP contribution is -2.45. The minimum absolute atomic E-state index is 0.0984. The van der Waals surface area contributed by atoms with Crippen LogP contribution >= 0.6 is 0 Å². The molecule has 1 aliphatic heterocycles. The largest absolute Gasteiger partial charge is 0.508 e. The van der Waals surface area contributed by atoms with Crippen molar-refractivity contribution >= 4 is 5.91 Å². The van der Waals surface area contributed by atoms with Crippen LogP contribution in [-0.2, 0) is 17.8 Å². The second kappa shape index (κ2) is 7.70. The zero-order valence-electron chi connectivity index (χ0n) is 14.9. The molecule has 4 heteroatoms. The number of benzene rings is 2. The number of phenols is 1. The lowest BCUT2D eigenvalue weighted by molar-refractivity contribution is -0.121. The van der Waals surface area contributed by atoms with Gasteiger partial charge in [-0.25, -0.2) is 0 Å². The number of likely N-dealkylation sites (N-methyl/N-ethyl adjacent to an activating group) is 1. The minimum atomic E-state index is 0.0984. The topological polar surface area (TPSA) is 52.6 Å². The van der Waals surface area contributed by atoms with Gasteiger partial charge in [-0.3, -0.25) is 9.69 Å². The molecule has 2 aromatic carbocycles. The van der Waals surface area contributed by atoms with Crippen LogP contribution in [0.3, 0.4) is 0 Å². The van der Waals surface area contributed by atoms with Gasteiger partial charge in [-0.15, -0.1) is 0 Å². The molecule has 1 aliphatic rings. The van der Waals surface area contributed by atoms with Gasteiger partial charge in [-0.2, -0.15) is 0 Å². The zero-order chi connectivity index (χ0) is 17.8. The zero-order valence-corrected chi connectivity index (χ0v) is 14.9. The third-order valence-corrected chi connectivity index (χ3v) is 5.08. The van der Waals surface area contributed by atoms with Gasteiger partial charge in [0.25, 0.3) is 0 Å². The summed E-state index contributed by atoms with van der Waals surface area (Å²) in [5.74, 6) is 0.629. The highest BCUT2D eigenvalue weighted by Crippen LogP contribution is 2.25. The molecule has 0 bridgehead atoms. The number of aromatic hydroxyl groups is 1. The first-order valence-electron chi connectivity index (χ1n) is 8.85. The maximum atomic E-state index is 12.3. The van der Waals surface area contributed by atoms with Crippen molar-refractivity contribution in [2.45, 2.75) is 38.3 Å². The van der Waals surface area contributed by atoms with Crippen LogP contribution in [0.2, 0.25) is 0 Å². The number of amides is 1. The van der Waals surface area contributed by atoms with Gasteiger partial charge in [0.05, 0.1) is 0 Å². The monoisotopic (exact) mass is 338 g/mol. The summed E-state index contributed by atoms with van der Waals surface area (Å²) >= 11 is 0. The highest BCUT2D eigenvalue weighted by atomic mass is 16.3. The number of rotatable bonds is 5. The average Bonchev–Trinajstić information content (AvgIpc) is 2.60. The van der Waals surface area contributed by atoms with E-state index >= 15 is 0 Å². The lowest BCUT2D eigenvalue weighted by atomic mass is 9.94. The third kappa shape index (κ3) is 4.40. The van der Waals surface area contributed by atoms with E-state index in [1.165, 1.54) is 16.7 Å². The van der Waals surface area contributed by atoms with Gasteiger partial charge in [-0.05, 0) is 48.2 Å². The summed E-state index contributed by atoms with van der Waals surface area (Å²) in [4.78, 5) is 14.5. The van der Waals surface area contributed by atoms with Crippen LogP contribution in [-0.4, -0.2) is 35.5 Å². The van der Waals surface area contributed by atoms with E-state index in [4.69, 9.17) is 0 Å². The number of hydrogen-bond acceptors (Lipinski definition) is 3. The molecule has 1 unspecified atom stereocenters. The Labute approximate surface area is 149 Å². The molecule has 0 spiro atoms.